The molecule has 1 fully saturated rings. The third kappa shape index (κ3) is 4.86. The van der Waals surface area contributed by atoms with Crippen molar-refractivity contribution in [3.63, 3.8) is 0 Å². The Bertz CT molecular complexity index is 1200. The molecule has 0 saturated carbocycles. The molecule has 1 aliphatic heterocycles. The number of carbonyl (C=O) groups excluding carboxylic acids is 2. The van der Waals surface area contributed by atoms with Crippen molar-refractivity contribution < 1.29 is 22.8 Å². The molecule has 2 amide bonds. The van der Waals surface area contributed by atoms with Crippen molar-refractivity contribution in [2.24, 2.45) is 0 Å². The molecule has 0 aliphatic carbocycles. The van der Waals surface area contributed by atoms with Crippen LogP contribution in [0.5, 0.6) is 0 Å². The van der Waals surface area contributed by atoms with Crippen LogP contribution < -0.4 is 10.2 Å². The minimum Gasteiger partial charge on any atom is -0.352 e. The molecule has 4 rings (SSSR count). The SMILES string of the molecule is CC(=O)N1CCN(c2cnc3[nH]cc(C(=O)NCc4nc(C)cc(C(F)(F)F)n4)c3n2)CC1. The molecule has 2 N–H and O–H groups in total. The van der Waals surface area contributed by atoms with Crippen molar-refractivity contribution in [1.29, 1.82) is 0 Å². The molecule has 1 saturated heterocycles. The first-order valence-corrected chi connectivity index (χ1v) is 10.2. The fraction of sp³-hybridized carbons (Fsp3) is 0.400. The summed E-state index contributed by atoms with van der Waals surface area (Å²) >= 11 is 0. The van der Waals surface area contributed by atoms with E-state index in [2.05, 4.69) is 30.2 Å². The topological polar surface area (TPSA) is 120 Å². The number of alkyl halides is 3. The zero-order chi connectivity index (χ0) is 23.8. The Morgan fingerprint density at radius 1 is 1.15 bits per heavy atom. The molecule has 3 aromatic rings. The largest absolute Gasteiger partial charge is 0.433 e. The van der Waals surface area contributed by atoms with E-state index in [1.54, 1.807) is 11.1 Å². The summed E-state index contributed by atoms with van der Waals surface area (Å²) in [5, 5.41) is 2.54. The first kappa shape index (κ1) is 22.4. The predicted octanol–water partition coefficient (Wildman–Crippen LogP) is 1.67. The Labute approximate surface area is 186 Å². The number of H-pyrrole nitrogens is 1. The van der Waals surface area contributed by atoms with Crippen molar-refractivity contribution in [3.8, 4) is 0 Å². The van der Waals surface area contributed by atoms with Gasteiger partial charge in [-0.2, -0.15) is 13.2 Å². The normalized spacial score (nSPS) is 14.6. The number of nitrogens with one attached hydrogen (secondary N) is 2. The minimum atomic E-state index is -4.61. The van der Waals surface area contributed by atoms with E-state index in [1.807, 2.05) is 4.90 Å². The highest BCUT2D eigenvalue weighted by Crippen LogP contribution is 2.27. The van der Waals surface area contributed by atoms with Gasteiger partial charge in [0.25, 0.3) is 5.91 Å². The van der Waals surface area contributed by atoms with Crippen LogP contribution in [0.2, 0.25) is 0 Å². The molecule has 13 heteroatoms. The molecule has 0 atom stereocenters. The zero-order valence-corrected chi connectivity index (χ0v) is 17.9. The average molecular weight is 462 g/mol. The van der Waals surface area contributed by atoms with Gasteiger partial charge < -0.3 is 20.1 Å². The van der Waals surface area contributed by atoms with Gasteiger partial charge in [-0.05, 0) is 13.0 Å². The van der Waals surface area contributed by atoms with Gasteiger partial charge in [-0.25, -0.2) is 19.9 Å². The van der Waals surface area contributed by atoms with Crippen molar-refractivity contribution in [1.82, 2.24) is 35.1 Å². The van der Waals surface area contributed by atoms with Crippen LogP contribution in [-0.2, 0) is 17.5 Å². The molecule has 0 unspecified atom stereocenters. The molecular weight excluding hydrogens is 441 g/mol. The van der Waals surface area contributed by atoms with Gasteiger partial charge in [0.15, 0.2) is 5.65 Å². The molecule has 174 valence electrons. The number of nitrogens with zero attached hydrogens (tertiary/aromatic N) is 6. The second kappa shape index (κ2) is 8.64. The molecule has 0 aromatic carbocycles. The summed E-state index contributed by atoms with van der Waals surface area (Å²) in [7, 11) is 0. The quantitative estimate of drug-likeness (QED) is 0.605. The first-order valence-electron chi connectivity index (χ1n) is 10.2. The number of fused-ring (bicyclic) bond motifs is 1. The number of aromatic nitrogens is 5. The summed E-state index contributed by atoms with van der Waals surface area (Å²) in [6, 6.07) is 0.846. The maximum atomic E-state index is 13.0. The van der Waals surface area contributed by atoms with Crippen molar-refractivity contribution in [2.45, 2.75) is 26.6 Å². The van der Waals surface area contributed by atoms with E-state index in [4.69, 9.17) is 0 Å². The second-order valence-corrected chi connectivity index (χ2v) is 7.61. The number of rotatable bonds is 4. The third-order valence-corrected chi connectivity index (χ3v) is 5.26. The predicted molar refractivity (Wildman–Crippen MR) is 111 cm³/mol. The maximum Gasteiger partial charge on any atom is 0.433 e. The highest BCUT2D eigenvalue weighted by atomic mass is 19.4. The van der Waals surface area contributed by atoms with Gasteiger partial charge in [-0.3, -0.25) is 9.59 Å². The highest BCUT2D eigenvalue weighted by molar-refractivity contribution is 6.04. The summed E-state index contributed by atoms with van der Waals surface area (Å²) in [5.74, 6) is -0.115. The third-order valence-electron chi connectivity index (χ3n) is 5.26. The fourth-order valence-corrected chi connectivity index (χ4v) is 3.57. The van der Waals surface area contributed by atoms with E-state index in [0.29, 0.717) is 43.2 Å². The fourth-order valence-electron chi connectivity index (χ4n) is 3.57. The van der Waals surface area contributed by atoms with Gasteiger partial charge in [-0.15, -0.1) is 0 Å². The zero-order valence-electron chi connectivity index (χ0n) is 17.9. The van der Waals surface area contributed by atoms with Crippen molar-refractivity contribution in [3.05, 3.63) is 41.2 Å². The number of amides is 2. The van der Waals surface area contributed by atoms with Crippen LogP contribution in [0, 0.1) is 6.92 Å². The van der Waals surface area contributed by atoms with Crippen molar-refractivity contribution >= 4 is 28.8 Å². The number of hydrogen-bond donors (Lipinski definition) is 2. The van der Waals surface area contributed by atoms with Crippen LogP contribution in [0.4, 0.5) is 19.0 Å². The van der Waals surface area contributed by atoms with Crippen LogP contribution in [0.25, 0.3) is 11.2 Å². The number of piperazine rings is 1. The van der Waals surface area contributed by atoms with Gasteiger partial charge in [0.1, 0.15) is 22.9 Å². The number of anilines is 1. The number of aryl methyl sites for hydroxylation is 1. The monoisotopic (exact) mass is 462 g/mol. The van der Waals surface area contributed by atoms with E-state index in [1.165, 1.54) is 20.0 Å². The lowest BCUT2D eigenvalue weighted by atomic mass is 10.2. The molecule has 33 heavy (non-hydrogen) atoms. The van der Waals surface area contributed by atoms with Gasteiger partial charge >= 0.3 is 6.18 Å². The molecule has 0 radical (unpaired) electrons. The van der Waals surface area contributed by atoms with Gasteiger partial charge in [-0.1, -0.05) is 0 Å². The van der Waals surface area contributed by atoms with Crippen LogP contribution in [-0.4, -0.2) is 67.8 Å². The smallest absolute Gasteiger partial charge is 0.352 e. The molecule has 0 bridgehead atoms. The van der Waals surface area contributed by atoms with Crippen LogP contribution in [0.3, 0.4) is 0 Å². The van der Waals surface area contributed by atoms with E-state index in [9.17, 15) is 22.8 Å². The molecule has 3 aromatic heterocycles. The lowest BCUT2D eigenvalue weighted by Crippen LogP contribution is -2.48. The number of carbonyl (C=O) groups is 2. The lowest BCUT2D eigenvalue weighted by Gasteiger charge is -2.34. The molecule has 10 nitrogen and oxygen atoms in total. The number of halogens is 3. The summed E-state index contributed by atoms with van der Waals surface area (Å²) in [6.45, 7) is 4.96. The molecular formula is C20H21F3N8O2. The van der Waals surface area contributed by atoms with Crippen LogP contribution in [0.15, 0.2) is 18.5 Å². The van der Waals surface area contributed by atoms with Gasteiger partial charge in [0.2, 0.25) is 5.91 Å². The minimum absolute atomic E-state index is 0.0146. The number of hydrogen-bond acceptors (Lipinski definition) is 7. The van der Waals surface area contributed by atoms with Crippen LogP contribution >= 0.6 is 0 Å². The Balaban J connectivity index is 1.50. The standard InChI is InChI=1S/C20H21F3N8O2/c1-11-7-14(20(21,22)23)28-15(27-11)9-26-19(33)13-8-24-18-17(13)29-16(10-25-18)31-5-3-30(4-6-31)12(2)32/h7-8,10H,3-6,9H2,1-2H3,(H,24,25)(H,26,33). The number of aromatic amines is 1. The molecule has 0 spiro atoms. The summed E-state index contributed by atoms with van der Waals surface area (Å²) in [5.41, 5.74) is 0.0174. The van der Waals surface area contributed by atoms with E-state index >= 15 is 0 Å². The summed E-state index contributed by atoms with van der Waals surface area (Å²) in [6.07, 6.45) is -1.58. The Morgan fingerprint density at radius 2 is 1.88 bits per heavy atom. The molecule has 4 heterocycles. The molecule has 1 aliphatic rings. The Hall–Kier alpha value is -3.77. The van der Waals surface area contributed by atoms with Gasteiger partial charge in [0.05, 0.1) is 18.3 Å². The summed E-state index contributed by atoms with van der Waals surface area (Å²) in [4.78, 5) is 47.2. The van der Waals surface area contributed by atoms with Crippen molar-refractivity contribution in [2.75, 3.05) is 31.1 Å². The Kier molecular flexibility index (Phi) is 5.87. The lowest BCUT2D eigenvalue weighted by molar-refractivity contribution is -0.141. The highest BCUT2D eigenvalue weighted by Gasteiger charge is 2.33. The Morgan fingerprint density at radius 3 is 2.55 bits per heavy atom. The van der Waals surface area contributed by atoms with E-state index < -0.39 is 17.8 Å². The van der Waals surface area contributed by atoms with E-state index in [-0.39, 0.29) is 29.5 Å². The van der Waals surface area contributed by atoms with Crippen LogP contribution in [0.1, 0.15) is 34.5 Å². The second-order valence-electron chi connectivity index (χ2n) is 7.61. The van der Waals surface area contributed by atoms with E-state index in [0.717, 1.165) is 6.07 Å². The average Bonchev–Trinajstić information content (AvgIpc) is 3.20. The van der Waals surface area contributed by atoms with Gasteiger partial charge in [0, 0.05) is 45.0 Å². The first-order chi connectivity index (χ1) is 15.6. The maximum absolute atomic E-state index is 13.0. The summed E-state index contributed by atoms with van der Waals surface area (Å²) < 4.78 is 38.9.